The highest BCUT2D eigenvalue weighted by atomic mass is 28.3. The van der Waals surface area contributed by atoms with Crippen molar-refractivity contribution in [1.29, 1.82) is 0 Å². The first kappa shape index (κ1) is 58.7. The van der Waals surface area contributed by atoms with Gasteiger partial charge in [-0.15, -0.1) is 0 Å². The molecule has 0 atom stereocenters. The highest BCUT2D eigenvalue weighted by molar-refractivity contribution is 7.20. The molecular formula is C87H58N10Si. The zero-order chi connectivity index (χ0) is 65.2. The van der Waals surface area contributed by atoms with Gasteiger partial charge in [-0.2, -0.15) is 0 Å². The summed E-state index contributed by atoms with van der Waals surface area (Å²) in [5.74, 6) is 5.04. The van der Waals surface area contributed by atoms with E-state index in [-0.39, 0.29) is 0 Å². The third-order valence-electron chi connectivity index (χ3n) is 18.1. The maximum atomic E-state index is 5.34. The second-order valence-corrected chi connectivity index (χ2v) is 27.9. The van der Waals surface area contributed by atoms with E-state index in [0.29, 0.717) is 52.4 Å². The molecule has 0 saturated heterocycles. The Labute approximate surface area is 567 Å². The van der Waals surface area contributed by atoms with Crippen molar-refractivity contribution >= 4 is 50.6 Å². The third-order valence-corrected chi connectivity index (χ3v) is 22.9. The van der Waals surface area contributed by atoms with Crippen LogP contribution in [0.2, 0.25) is 0 Å². The summed E-state index contributed by atoms with van der Waals surface area (Å²) in [5, 5.41) is 7.00. The topological polar surface area (TPSA) is 121 Å². The van der Waals surface area contributed by atoms with Gasteiger partial charge in [0.25, 0.3) is 0 Å². The van der Waals surface area contributed by atoms with Crippen molar-refractivity contribution < 1.29 is 0 Å². The number of nitrogens with zero attached hydrogens (tertiary/aromatic N) is 10. The van der Waals surface area contributed by atoms with Gasteiger partial charge in [0.05, 0.1) is 16.7 Å². The molecule has 0 N–H and O–H groups in total. The van der Waals surface area contributed by atoms with Crippen molar-refractivity contribution in [1.82, 2.24) is 49.4 Å². The molecule has 17 aromatic rings. The first-order valence-electron chi connectivity index (χ1n) is 32.7. The molecule has 0 bridgehead atoms. The summed E-state index contributed by atoms with van der Waals surface area (Å²) in [5.41, 5.74) is 12.6. The molecule has 0 radical (unpaired) electrons. The van der Waals surface area contributed by atoms with E-state index in [2.05, 4.69) is 174 Å². The van der Waals surface area contributed by atoms with Crippen molar-refractivity contribution in [3.8, 4) is 119 Å². The minimum Gasteiger partial charge on any atom is -0.309 e. The number of hydrogen-bond acceptors (Lipinski definition) is 9. The van der Waals surface area contributed by atoms with Gasteiger partial charge in [0.15, 0.2) is 60.5 Å². The Morgan fingerprint density at radius 1 is 0.184 bits per heavy atom. The molecule has 460 valence electrons. The molecule has 0 aliphatic rings. The molecule has 0 fully saturated rings. The fraction of sp³-hybridized carbons (Fsp3) is 0. The summed E-state index contributed by atoms with van der Waals surface area (Å²) >= 11 is 0. The molecule has 0 spiro atoms. The summed E-state index contributed by atoms with van der Waals surface area (Å²) < 4.78 is 2.40. The first-order chi connectivity index (χ1) is 48.6. The Bertz CT molecular complexity index is 5260. The summed E-state index contributed by atoms with van der Waals surface area (Å²) in [7, 11) is -3.02. The van der Waals surface area contributed by atoms with Gasteiger partial charge in [-0.05, 0) is 68.8 Å². The molecule has 0 saturated carbocycles. The van der Waals surface area contributed by atoms with Crippen molar-refractivity contribution in [2.24, 2.45) is 0 Å². The Morgan fingerprint density at radius 2 is 0.429 bits per heavy atom. The van der Waals surface area contributed by atoms with Crippen LogP contribution in [0, 0.1) is 0 Å². The molecule has 4 heterocycles. The van der Waals surface area contributed by atoms with Gasteiger partial charge in [0, 0.05) is 66.4 Å². The molecule has 0 aliphatic carbocycles. The van der Waals surface area contributed by atoms with E-state index in [4.69, 9.17) is 44.9 Å². The summed E-state index contributed by atoms with van der Waals surface area (Å²) in [6.45, 7) is 0. The lowest BCUT2D eigenvalue weighted by Crippen LogP contribution is -2.74. The van der Waals surface area contributed by atoms with E-state index in [0.717, 1.165) is 88.7 Å². The minimum atomic E-state index is -3.02. The summed E-state index contributed by atoms with van der Waals surface area (Å²) in [6, 6.07) is 123. The normalized spacial score (nSPS) is 11.5. The van der Waals surface area contributed by atoms with E-state index in [1.54, 1.807) is 0 Å². The minimum absolute atomic E-state index is 0.532. The molecule has 4 aromatic heterocycles. The second kappa shape index (κ2) is 25.7. The molecule has 10 nitrogen and oxygen atoms in total. The van der Waals surface area contributed by atoms with Crippen molar-refractivity contribution in [2.45, 2.75) is 0 Å². The predicted octanol–water partition coefficient (Wildman–Crippen LogP) is 17.4. The molecule has 13 aromatic carbocycles. The van der Waals surface area contributed by atoms with Crippen LogP contribution >= 0.6 is 0 Å². The van der Waals surface area contributed by atoms with E-state index in [1.807, 2.05) is 182 Å². The van der Waals surface area contributed by atoms with Crippen LogP contribution < -0.4 is 20.7 Å². The number of rotatable bonds is 15. The lowest BCUT2D eigenvalue weighted by Gasteiger charge is -2.34. The fourth-order valence-corrected chi connectivity index (χ4v) is 18.3. The van der Waals surface area contributed by atoms with Crippen LogP contribution in [-0.4, -0.2) is 57.5 Å². The molecule has 17 rings (SSSR count). The largest absolute Gasteiger partial charge is 0.309 e. The van der Waals surface area contributed by atoms with Crippen molar-refractivity contribution in [3.05, 3.63) is 352 Å². The average molecular weight is 1270 g/mol. The van der Waals surface area contributed by atoms with Crippen LogP contribution in [0.3, 0.4) is 0 Å². The molecular weight excluding hydrogens is 1210 g/mol. The van der Waals surface area contributed by atoms with Crippen molar-refractivity contribution in [3.63, 3.8) is 0 Å². The maximum absolute atomic E-state index is 5.34. The van der Waals surface area contributed by atoms with Gasteiger partial charge >= 0.3 is 0 Å². The lowest BCUT2D eigenvalue weighted by atomic mass is 10.0. The predicted molar refractivity (Wildman–Crippen MR) is 399 cm³/mol. The van der Waals surface area contributed by atoms with Crippen LogP contribution in [0.5, 0.6) is 0 Å². The van der Waals surface area contributed by atoms with Crippen molar-refractivity contribution in [2.75, 3.05) is 0 Å². The number of fused-ring (bicyclic) bond motifs is 3. The Morgan fingerprint density at radius 3 is 0.735 bits per heavy atom. The van der Waals surface area contributed by atoms with Gasteiger partial charge in [-0.1, -0.05) is 309 Å². The van der Waals surface area contributed by atoms with Gasteiger partial charge < -0.3 is 4.57 Å². The standard InChI is InChI=1S/C87H58N10Si/c1-10-29-59(30-11-1)79-88-80(60-31-12-2-13-32-60)92-85(91-79)66-50-53-76-74(56-66)75-57-67(86-93-81(61-33-14-3-15-34-61)89-82(94-86)62-35-16-4-17-36-62)51-54-77(75)97(76)78-58-68(87-95-83(63-37-18-5-19-38-63)90-84(96-87)64-39-20-6-21-40-64)49-52-73(78)65-41-28-48-72(55-65)98(69-42-22-7-23-43-69,70-44-24-8-25-45-70)71-46-26-9-27-47-71/h1-58H. The highest BCUT2D eigenvalue weighted by Crippen LogP contribution is 2.42. The zero-order valence-electron chi connectivity index (χ0n) is 53.0. The highest BCUT2D eigenvalue weighted by Gasteiger charge is 2.41. The van der Waals surface area contributed by atoms with Crippen LogP contribution in [0.4, 0.5) is 0 Å². The van der Waals surface area contributed by atoms with E-state index in [9.17, 15) is 0 Å². The van der Waals surface area contributed by atoms with Gasteiger partial charge in [0.2, 0.25) is 0 Å². The fourth-order valence-electron chi connectivity index (χ4n) is 13.5. The molecule has 11 heteroatoms. The quantitative estimate of drug-likeness (QED) is 0.0730. The van der Waals surface area contributed by atoms with E-state index >= 15 is 0 Å². The van der Waals surface area contributed by atoms with Gasteiger partial charge in [-0.25, -0.2) is 44.9 Å². The SMILES string of the molecule is c1ccc(-c2nc(-c3ccccc3)nc(-c3ccc(-c4cccc([Si](c5ccccc5)(c5ccccc5)c5ccccc5)c4)c(-n4c5ccc(-c6nc(-c7ccccc7)nc(-c7ccccc7)n6)cc5c5cc(-c6nc(-c7ccccc7)nc(-c7ccccc7)n6)ccc54)c3)n2)cc1. The molecule has 0 aliphatic heterocycles. The average Bonchev–Trinajstić information content (AvgIpc) is 1.38. The summed E-state index contributed by atoms with van der Waals surface area (Å²) in [4.78, 5) is 47.1. The Balaban J connectivity index is 0.950. The lowest BCUT2D eigenvalue weighted by molar-refractivity contribution is 1.07. The zero-order valence-corrected chi connectivity index (χ0v) is 54.0. The number of aromatic nitrogens is 10. The first-order valence-corrected chi connectivity index (χ1v) is 34.7. The van der Waals surface area contributed by atoms with Crippen LogP contribution in [0.25, 0.3) is 141 Å². The van der Waals surface area contributed by atoms with Crippen LogP contribution in [-0.2, 0) is 0 Å². The van der Waals surface area contributed by atoms with E-state index in [1.165, 1.54) is 20.7 Å². The second-order valence-electron chi connectivity index (χ2n) is 24.1. The third kappa shape index (κ3) is 11.1. The Hall–Kier alpha value is -13.1. The smallest absolute Gasteiger partial charge is 0.179 e. The van der Waals surface area contributed by atoms with Gasteiger partial charge in [-0.3, -0.25) is 0 Å². The van der Waals surface area contributed by atoms with Gasteiger partial charge in [0.1, 0.15) is 0 Å². The van der Waals surface area contributed by atoms with Crippen LogP contribution in [0.15, 0.2) is 352 Å². The summed E-state index contributed by atoms with van der Waals surface area (Å²) in [6.07, 6.45) is 0. The molecule has 98 heavy (non-hydrogen) atoms. The number of benzene rings is 13. The number of hydrogen-bond donors (Lipinski definition) is 0. The molecule has 0 amide bonds. The molecule has 0 unspecified atom stereocenters. The maximum Gasteiger partial charge on any atom is 0.179 e. The van der Waals surface area contributed by atoms with Crippen LogP contribution in [0.1, 0.15) is 0 Å². The van der Waals surface area contributed by atoms with E-state index < -0.39 is 8.07 Å². The Kier molecular flexibility index (Phi) is 15.4. The monoisotopic (exact) mass is 1270 g/mol.